The van der Waals surface area contributed by atoms with Crippen molar-refractivity contribution in [2.75, 3.05) is 5.32 Å². The third-order valence-electron chi connectivity index (χ3n) is 3.93. The van der Waals surface area contributed by atoms with E-state index in [-0.39, 0.29) is 17.9 Å². The van der Waals surface area contributed by atoms with E-state index >= 15 is 0 Å². The highest BCUT2D eigenvalue weighted by molar-refractivity contribution is 5.74. The molecule has 0 bridgehead atoms. The summed E-state index contributed by atoms with van der Waals surface area (Å²) in [5, 5.41) is 10.0. The average Bonchev–Trinajstić information content (AvgIpc) is 2.92. The maximum atomic E-state index is 12.2. The molecule has 1 saturated carbocycles. The van der Waals surface area contributed by atoms with E-state index in [0.29, 0.717) is 11.6 Å². The number of esters is 1. The number of rotatable bonds is 4. The predicted molar refractivity (Wildman–Crippen MR) is 85.6 cm³/mol. The first-order valence-electron chi connectivity index (χ1n) is 7.96. The van der Waals surface area contributed by atoms with Crippen molar-refractivity contribution in [2.24, 2.45) is 5.92 Å². The number of nitrogens with zero attached hydrogens (tertiary/aromatic N) is 3. The van der Waals surface area contributed by atoms with Crippen LogP contribution in [-0.2, 0) is 4.79 Å². The fourth-order valence-electron chi connectivity index (χ4n) is 2.78. The number of anilines is 2. The van der Waals surface area contributed by atoms with Gasteiger partial charge in [0.05, 0.1) is 5.92 Å². The Morgan fingerprint density at radius 3 is 2.65 bits per heavy atom. The van der Waals surface area contributed by atoms with E-state index in [4.69, 9.17) is 4.74 Å². The minimum Gasteiger partial charge on any atom is -0.391 e. The van der Waals surface area contributed by atoms with Crippen LogP contribution in [0, 0.1) is 19.8 Å². The predicted octanol–water partition coefficient (Wildman–Crippen LogP) is 3.05. The molecule has 7 nitrogen and oxygen atoms in total. The summed E-state index contributed by atoms with van der Waals surface area (Å²) >= 11 is 0. The zero-order valence-electron chi connectivity index (χ0n) is 13.4. The Morgan fingerprint density at radius 1 is 1.17 bits per heavy atom. The van der Waals surface area contributed by atoms with Crippen molar-refractivity contribution in [3.05, 3.63) is 23.5 Å². The van der Waals surface area contributed by atoms with Gasteiger partial charge in [-0.3, -0.25) is 9.89 Å². The number of hydrogen-bond donors (Lipinski definition) is 2. The zero-order chi connectivity index (χ0) is 16.2. The molecule has 23 heavy (non-hydrogen) atoms. The maximum absolute atomic E-state index is 12.2. The molecule has 2 aromatic rings. The van der Waals surface area contributed by atoms with E-state index in [9.17, 15) is 4.79 Å². The number of carbonyl (C=O) groups excluding carboxylic acids is 1. The van der Waals surface area contributed by atoms with Gasteiger partial charge in [-0.1, -0.05) is 19.3 Å². The first kappa shape index (κ1) is 15.5. The van der Waals surface area contributed by atoms with Gasteiger partial charge >= 0.3 is 12.0 Å². The molecular formula is C16H21N5O2. The van der Waals surface area contributed by atoms with Crippen LogP contribution in [0.4, 0.5) is 11.6 Å². The van der Waals surface area contributed by atoms with Gasteiger partial charge in [0.15, 0.2) is 5.82 Å². The van der Waals surface area contributed by atoms with Crippen LogP contribution in [0.1, 0.15) is 43.5 Å². The summed E-state index contributed by atoms with van der Waals surface area (Å²) in [5.41, 5.74) is 1.67. The van der Waals surface area contributed by atoms with E-state index in [2.05, 4.69) is 25.5 Å². The van der Waals surface area contributed by atoms with Gasteiger partial charge in [-0.05, 0) is 26.7 Å². The molecule has 0 aliphatic heterocycles. The standard InChI is InChI=1S/C16H21N5O2/c1-10-8-13(18-14-9-11(2)20-21-14)19-16(17-10)23-15(22)12-6-4-3-5-7-12/h8-9,12H,3-7H2,1-2H3,(H2,17,18,19,20,21). The van der Waals surface area contributed by atoms with Gasteiger partial charge in [0.2, 0.25) is 0 Å². The highest BCUT2D eigenvalue weighted by Crippen LogP contribution is 2.25. The number of aromatic nitrogens is 4. The third kappa shape index (κ3) is 4.06. The Balaban J connectivity index is 1.70. The molecule has 0 spiro atoms. The van der Waals surface area contributed by atoms with Crippen molar-refractivity contribution in [3.63, 3.8) is 0 Å². The van der Waals surface area contributed by atoms with Crippen LogP contribution in [0.5, 0.6) is 6.01 Å². The summed E-state index contributed by atoms with van der Waals surface area (Å²) in [7, 11) is 0. The van der Waals surface area contributed by atoms with Gasteiger partial charge in [-0.2, -0.15) is 15.1 Å². The van der Waals surface area contributed by atoms with Gasteiger partial charge in [-0.25, -0.2) is 0 Å². The van der Waals surface area contributed by atoms with Gasteiger partial charge in [-0.15, -0.1) is 0 Å². The molecule has 0 radical (unpaired) electrons. The van der Waals surface area contributed by atoms with Crippen molar-refractivity contribution in [1.82, 2.24) is 20.2 Å². The molecule has 2 N–H and O–H groups in total. The zero-order valence-corrected chi connectivity index (χ0v) is 13.4. The molecule has 1 aliphatic rings. The van der Waals surface area contributed by atoms with Crippen LogP contribution in [0.25, 0.3) is 0 Å². The summed E-state index contributed by atoms with van der Waals surface area (Å²) in [6.07, 6.45) is 5.14. The lowest BCUT2D eigenvalue weighted by Crippen LogP contribution is -2.23. The van der Waals surface area contributed by atoms with Crippen molar-refractivity contribution in [2.45, 2.75) is 46.0 Å². The fraction of sp³-hybridized carbons (Fsp3) is 0.500. The Bertz CT molecular complexity index is 692. The molecule has 2 aromatic heterocycles. The van der Waals surface area contributed by atoms with Crippen LogP contribution < -0.4 is 10.1 Å². The van der Waals surface area contributed by atoms with Crippen LogP contribution in [0.2, 0.25) is 0 Å². The van der Waals surface area contributed by atoms with Gasteiger partial charge in [0.25, 0.3) is 0 Å². The molecule has 0 unspecified atom stereocenters. The first-order chi connectivity index (χ1) is 11.1. The lowest BCUT2D eigenvalue weighted by molar-refractivity contribution is -0.140. The van der Waals surface area contributed by atoms with E-state index in [1.165, 1.54) is 6.42 Å². The molecule has 1 fully saturated rings. The van der Waals surface area contributed by atoms with Gasteiger partial charge in [0, 0.05) is 23.5 Å². The maximum Gasteiger partial charge on any atom is 0.326 e. The van der Waals surface area contributed by atoms with Crippen LogP contribution in [0.15, 0.2) is 12.1 Å². The van der Waals surface area contributed by atoms with Crippen LogP contribution in [0.3, 0.4) is 0 Å². The van der Waals surface area contributed by atoms with Gasteiger partial charge in [0.1, 0.15) is 5.82 Å². The van der Waals surface area contributed by atoms with Gasteiger partial charge < -0.3 is 10.1 Å². The lowest BCUT2D eigenvalue weighted by atomic mass is 9.89. The summed E-state index contributed by atoms with van der Waals surface area (Å²) in [6.45, 7) is 3.75. The third-order valence-corrected chi connectivity index (χ3v) is 3.93. The quantitative estimate of drug-likeness (QED) is 0.842. The molecule has 2 heterocycles. The normalized spacial score (nSPS) is 15.4. The minimum absolute atomic E-state index is 0.0294. The molecule has 0 aromatic carbocycles. The highest BCUT2D eigenvalue weighted by atomic mass is 16.5. The van der Waals surface area contributed by atoms with E-state index in [1.807, 2.05) is 19.9 Å². The van der Waals surface area contributed by atoms with Crippen LogP contribution >= 0.6 is 0 Å². The molecule has 122 valence electrons. The Hall–Kier alpha value is -2.44. The van der Waals surface area contributed by atoms with Crippen molar-refractivity contribution in [3.8, 4) is 6.01 Å². The number of aromatic amines is 1. The number of carbonyl (C=O) groups is 1. The Labute approximate surface area is 134 Å². The molecule has 0 amide bonds. The largest absolute Gasteiger partial charge is 0.391 e. The monoisotopic (exact) mass is 315 g/mol. The first-order valence-corrected chi connectivity index (χ1v) is 7.96. The fourth-order valence-corrected chi connectivity index (χ4v) is 2.78. The van der Waals surface area contributed by atoms with Crippen molar-refractivity contribution in [1.29, 1.82) is 0 Å². The minimum atomic E-state index is -0.225. The number of ether oxygens (including phenoxy) is 1. The van der Waals surface area contributed by atoms with Crippen molar-refractivity contribution < 1.29 is 9.53 Å². The smallest absolute Gasteiger partial charge is 0.326 e. The second-order valence-electron chi connectivity index (χ2n) is 5.99. The number of H-pyrrole nitrogens is 1. The SMILES string of the molecule is Cc1cc(Nc2cc(C)[nH]n2)nc(OC(=O)C2CCCCC2)n1. The molecule has 0 atom stereocenters. The average molecular weight is 315 g/mol. The van der Waals surface area contributed by atoms with E-state index in [0.717, 1.165) is 37.1 Å². The van der Waals surface area contributed by atoms with E-state index < -0.39 is 0 Å². The Kier molecular flexibility index (Phi) is 4.55. The van der Waals surface area contributed by atoms with E-state index in [1.54, 1.807) is 6.07 Å². The summed E-state index contributed by atoms with van der Waals surface area (Å²) < 4.78 is 5.39. The molecule has 7 heteroatoms. The number of nitrogens with one attached hydrogen (secondary N) is 2. The van der Waals surface area contributed by atoms with Crippen molar-refractivity contribution >= 4 is 17.6 Å². The molecule has 0 saturated heterocycles. The lowest BCUT2D eigenvalue weighted by Gasteiger charge is -2.19. The summed E-state index contributed by atoms with van der Waals surface area (Å²) in [4.78, 5) is 20.7. The highest BCUT2D eigenvalue weighted by Gasteiger charge is 2.24. The number of hydrogen-bond acceptors (Lipinski definition) is 6. The summed E-state index contributed by atoms with van der Waals surface area (Å²) in [6, 6.07) is 3.74. The molecular weight excluding hydrogens is 294 g/mol. The van der Waals surface area contributed by atoms with Crippen LogP contribution in [-0.4, -0.2) is 26.1 Å². The second kappa shape index (κ2) is 6.76. The number of aryl methyl sites for hydroxylation is 2. The molecule has 1 aliphatic carbocycles. The topological polar surface area (TPSA) is 92.8 Å². The summed E-state index contributed by atoms with van der Waals surface area (Å²) in [5.74, 6) is 0.954. The molecule has 3 rings (SSSR count). The Morgan fingerprint density at radius 2 is 1.96 bits per heavy atom. The second-order valence-corrected chi connectivity index (χ2v) is 5.99.